The Kier molecular flexibility index (Phi) is 9.20. The van der Waals surface area contributed by atoms with Crippen LogP contribution in [0.4, 0.5) is 0 Å². The van der Waals surface area contributed by atoms with Crippen LogP contribution >= 0.6 is 0 Å². The van der Waals surface area contributed by atoms with Gasteiger partial charge in [0.05, 0.1) is 11.6 Å². The fourth-order valence-corrected chi connectivity index (χ4v) is 6.66. The summed E-state index contributed by atoms with van der Waals surface area (Å²) in [6.45, 7) is 2.11. The molecule has 0 radical (unpaired) electrons. The molecular formula is C38H36N4O5. The lowest BCUT2D eigenvalue weighted by molar-refractivity contribution is -0.150. The molecule has 6 rings (SSSR count). The lowest BCUT2D eigenvalue weighted by Crippen LogP contribution is -2.53. The molecule has 4 unspecified atom stereocenters. The van der Waals surface area contributed by atoms with Crippen molar-refractivity contribution in [1.29, 1.82) is 5.26 Å². The molecule has 4 aromatic carbocycles. The van der Waals surface area contributed by atoms with E-state index in [0.29, 0.717) is 29.7 Å². The third-order valence-corrected chi connectivity index (χ3v) is 9.06. The number of carbonyl (C=O) groups excluding carboxylic acids is 3. The largest absolute Gasteiger partial charge is 0.462 e. The van der Waals surface area contributed by atoms with Crippen LogP contribution in [-0.4, -0.2) is 52.9 Å². The van der Waals surface area contributed by atoms with Crippen molar-refractivity contribution in [2.75, 3.05) is 13.3 Å². The smallest absolute Gasteiger partial charge is 0.250 e. The standard InChI is InChI=1S/C38H36N4O5/c1-25-17-18-41(33(36(40)43)21-29-14-8-13-28-12-5-6-16-31(28)29)38(45)35(30-15-7-11-27(19-30)22-39)42(25)37(44)32(34-23-46-24-47-34)20-26-9-3-2-4-10-26/h2-16,19,23,25,32-33,35H,17-18,20-21,24H2,1H3,(H2,40,43). The highest BCUT2D eigenvalue weighted by molar-refractivity contribution is 5.95. The van der Waals surface area contributed by atoms with E-state index in [1.54, 1.807) is 29.2 Å². The van der Waals surface area contributed by atoms with Gasteiger partial charge in [-0.2, -0.15) is 5.26 Å². The summed E-state index contributed by atoms with van der Waals surface area (Å²) in [6, 6.07) is 29.7. The highest BCUT2D eigenvalue weighted by Crippen LogP contribution is 2.36. The Hall–Kier alpha value is -5.62. The molecule has 47 heavy (non-hydrogen) atoms. The van der Waals surface area contributed by atoms with Gasteiger partial charge >= 0.3 is 0 Å². The van der Waals surface area contributed by atoms with E-state index < -0.39 is 35.9 Å². The van der Waals surface area contributed by atoms with Gasteiger partial charge in [-0.3, -0.25) is 14.4 Å². The molecule has 4 atom stereocenters. The van der Waals surface area contributed by atoms with Crippen molar-refractivity contribution in [3.8, 4) is 6.07 Å². The number of primary amides is 1. The third kappa shape index (κ3) is 6.54. The summed E-state index contributed by atoms with van der Waals surface area (Å²) in [4.78, 5) is 46.0. The van der Waals surface area contributed by atoms with Crippen molar-refractivity contribution in [2.24, 2.45) is 11.7 Å². The number of ether oxygens (including phenoxy) is 2. The fourth-order valence-electron chi connectivity index (χ4n) is 6.66. The maximum Gasteiger partial charge on any atom is 0.250 e. The Morgan fingerprint density at radius 2 is 1.72 bits per heavy atom. The van der Waals surface area contributed by atoms with Gasteiger partial charge in [-0.1, -0.05) is 84.9 Å². The van der Waals surface area contributed by atoms with E-state index in [-0.39, 0.29) is 25.7 Å². The van der Waals surface area contributed by atoms with Crippen LogP contribution in [0.15, 0.2) is 109 Å². The fraction of sp³-hybridized carbons (Fsp3) is 0.263. The summed E-state index contributed by atoms with van der Waals surface area (Å²) in [5.74, 6) is -1.77. The molecule has 0 bridgehead atoms. The molecule has 9 nitrogen and oxygen atoms in total. The van der Waals surface area contributed by atoms with Gasteiger partial charge in [0, 0.05) is 19.0 Å². The minimum absolute atomic E-state index is 0.00172. The third-order valence-electron chi connectivity index (χ3n) is 9.06. The number of fused-ring (bicyclic) bond motifs is 1. The molecule has 0 spiro atoms. The van der Waals surface area contributed by atoms with Crippen LogP contribution in [0.25, 0.3) is 10.8 Å². The highest BCUT2D eigenvalue weighted by atomic mass is 16.7. The summed E-state index contributed by atoms with van der Waals surface area (Å²) >= 11 is 0. The van der Waals surface area contributed by atoms with Gasteiger partial charge in [0.15, 0.2) is 0 Å². The number of nitrogens with two attached hydrogens (primary N) is 1. The first kappa shape index (κ1) is 31.4. The number of nitriles is 1. The number of amides is 3. The van der Waals surface area contributed by atoms with Crippen LogP contribution in [0.1, 0.15) is 41.6 Å². The van der Waals surface area contributed by atoms with E-state index in [0.717, 1.165) is 21.9 Å². The normalized spacial score (nSPS) is 19.1. The molecule has 1 fully saturated rings. The van der Waals surface area contributed by atoms with Gasteiger partial charge in [-0.25, -0.2) is 0 Å². The Bertz CT molecular complexity index is 1860. The SMILES string of the molecule is CC1CCN(C(Cc2cccc3ccccc23)C(N)=O)C(=O)C(c2cccc(C#N)c2)N1C(=O)C(Cc1ccccc1)C1=COCO1. The molecule has 2 heterocycles. The molecule has 0 aromatic heterocycles. The predicted molar refractivity (Wildman–Crippen MR) is 176 cm³/mol. The lowest BCUT2D eigenvalue weighted by atomic mass is 9.92. The zero-order valence-corrected chi connectivity index (χ0v) is 26.1. The van der Waals surface area contributed by atoms with E-state index in [2.05, 4.69) is 6.07 Å². The van der Waals surface area contributed by atoms with E-state index in [1.165, 1.54) is 11.2 Å². The molecule has 2 aliphatic heterocycles. The Morgan fingerprint density at radius 1 is 0.979 bits per heavy atom. The summed E-state index contributed by atoms with van der Waals surface area (Å²) in [5.41, 5.74) is 8.69. The molecule has 0 aliphatic carbocycles. The minimum Gasteiger partial charge on any atom is -0.462 e. The Balaban J connectivity index is 1.42. The number of carbonyl (C=O) groups is 3. The average molecular weight is 629 g/mol. The summed E-state index contributed by atoms with van der Waals surface area (Å²) in [7, 11) is 0. The van der Waals surface area contributed by atoms with Crippen molar-refractivity contribution in [3.05, 3.63) is 131 Å². The van der Waals surface area contributed by atoms with Crippen molar-refractivity contribution >= 4 is 28.5 Å². The zero-order chi connectivity index (χ0) is 32.9. The Morgan fingerprint density at radius 3 is 2.47 bits per heavy atom. The Labute approximate surface area is 273 Å². The molecule has 2 aliphatic rings. The van der Waals surface area contributed by atoms with E-state index in [4.69, 9.17) is 15.2 Å². The minimum atomic E-state index is -1.12. The quantitative estimate of drug-likeness (QED) is 0.278. The number of hydrogen-bond acceptors (Lipinski definition) is 6. The maximum absolute atomic E-state index is 14.9. The van der Waals surface area contributed by atoms with Crippen molar-refractivity contribution in [1.82, 2.24) is 9.80 Å². The van der Waals surface area contributed by atoms with Crippen LogP contribution < -0.4 is 5.73 Å². The van der Waals surface area contributed by atoms with Crippen molar-refractivity contribution < 1.29 is 23.9 Å². The molecule has 238 valence electrons. The zero-order valence-electron chi connectivity index (χ0n) is 26.1. The van der Waals surface area contributed by atoms with Gasteiger partial charge < -0.3 is 25.0 Å². The van der Waals surface area contributed by atoms with E-state index in [1.807, 2.05) is 79.7 Å². The van der Waals surface area contributed by atoms with Gasteiger partial charge in [0.2, 0.25) is 18.6 Å². The molecule has 2 N–H and O–H groups in total. The summed E-state index contributed by atoms with van der Waals surface area (Å²) in [5, 5.41) is 11.7. The second-order valence-corrected chi connectivity index (χ2v) is 12.0. The molecule has 1 saturated heterocycles. The second kappa shape index (κ2) is 13.8. The van der Waals surface area contributed by atoms with Crippen LogP contribution in [-0.2, 0) is 36.7 Å². The van der Waals surface area contributed by atoms with Crippen molar-refractivity contribution in [3.63, 3.8) is 0 Å². The van der Waals surface area contributed by atoms with Gasteiger partial charge in [-0.15, -0.1) is 0 Å². The number of nitrogens with zero attached hydrogens (tertiary/aromatic N) is 3. The van der Waals surface area contributed by atoms with Crippen LogP contribution in [0.5, 0.6) is 0 Å². The maximum atomic E-state index is 14.9. The van der Waals surface area contributed by atoms with Crippen molar-refractivity contribution in [2.45, 2.75) is 44.3 Å². The number of benzene rings is 4. The van der Waals surface area contributed by atoms with E-state index in [9.17, 15) is 19.6 Å². The molecule has 0 saturated carbocycles. The van der Waals surface area contributed by atoms with Crippen LogP contribution in [0.2, 0.25) is 0 Å². The van der Waals surface area contributed by atoms with Crippen LogP contribution in [0, 0.1) is 17.2 Å². The lowest BCUT2D eigenvalue weighted by Gasteiger charge is -2.37. The topological polar surface area (TPSA) is 126 Å². The monoisotopic (exact) mass is 628 g/mol. The van der Waals surface area contributed by atoms with Crippen LogP contribution in [0.3, 0.4) is 0 Å². The first-order valence-corrected chi connectivity index (χ1v) is 15.7. The van der Waals surface area contributed by atoms with E-state index >= 15 is 0 Å². The molecule has 3 amide bonds. The first-order valence-electron chi connectivity index (χ1n) is 15.7. The summed E-state index contributed by atoms with van der Waals surface area (Å²) < 4.78 is 11.1. The second-order valence-electron chi connectivity index (χ2n) is 12.0. The molecule has 4 aromatic rings. The molecule has 9 heteroatoms. The number of rotatable bonds is 9. The van der Waals surface area contributed by atoms with Gasteiger partial charge in [0.1, 0.15) is 30.0 Å². The predicted octanol–water partition coefficient (Wildman–Crippen LogP) is 5.00. The highest BCUT2D eigenvalue weighted by Gasteiger charge is 2.45. The average Bonchev–Trinajstić information content (AvgIpc) is 3.60. The number of hydrogen-bond donors (Lipinski definition) is 1. The molecular weight excluding hydrogens is 592 g/mol. The van der Waals surface area contributed by atoms with Gasteiger partial charge in [-0.05, 0) is 59.4 Å². The van der Waals surface area contributed by atoms with Gasteiger partial charge in [0.25, 0.3) is 5.91 Å². The summed E-state index contributed by atoms with van der Waals surface area (Å²) in [6.07, 6.45) is 2.40. The first-order chi connectivity index (χ1) is 22.9.